The minimum atomic E-state index is -1.67. The molecule has 0 fully saturated rings. The third kappa shape index (κ3) is 51.3. The normalized spacial score (nSPS) is 10.9. The summed E-state index contributed by atoms with van der Waals surface area (Å²) in [5.41, 5.74) is 0. The maximum Gasteiger partial charge on any atom is 0.211 e. The van der Waals surface area contributed by atoms with Crippen LogP contribution in [-0.4, -0.2) is 21.8 Å². The van der Waals surface area contributed by atoms with Crippen LogP contribution in [0.5, 0.6) is 0 Å². The SMILES string of the molecule is CC/C=C\CCCCCCCCCl.CC/C=C\CCCCCCCCO.O=S(Cl)Cl. The second kappa shape index (κ2) is 36.8. The average molecular weight is 506 g/mol. The monoisotopic (exact) mass is 504 g/mol. The quantitative estimate of drug-likeness (QED) is 0.0870. The van der Waals surface area contributed by atoms with Crippen LogP contribution in [0.25, 0.3) is 0 Å². The number of unbranched alkanes of at least 4 members (excludes halogenated alkanes) is 12. The number of alkyl halides is 1. The van der Waals surface area contributed by atoms with Gasteiger partial charge in [-0.2, -0.15) is 0 Å². The molecule has 30 heavy (non-hydrogen) atoms. The first-order chi connectivity index (χ1) is 14.6. The van der Waals surface area contributed by atoms with Crippen LogP contribution in [0.4, 0.5) is 0 Å². The van der Waals surface area contributed by atoms with E-state index in [2.05, 4.69) is 59.5 Å². The van der Waals surface area contributed by atoms with E-state index in [0.29, 0.717) is 6.61 Å². The van der Waals surface area contributed by atoms with Crippen molar-refractivity contribution in [1.29, 1.82) is 0 Å². The molecule has 0 aromatic rings. The summed E-state index contributed by atoms with van der Waals surface area (Å²) >= 11 is 5.59. The Bertz CT molecular complexity index is 332. The zero-order valence-corrected chi connectivity index (χ0v) is 22.5. The van der Waals surface area contributed by atoms with Crippen molar-refractivity contribution < 1.29 is 9.32 Å². The molecule has 0 aliphatic rings. The Morgan fingerprint density at radius 2 is 0.967 bits per heavy atom. The van der Waals surface area contributed by atoms with E-state index >= 15 is 0 Å². The maximum atomic E-state index is 9.09. The summed E-state index contributed by atoms with van der Waals surface area (Å²) < 4.78 is 9.09. The Kier molecular flexibility index (Phi) is 43.0. The van der Waals surface area contributed by atoms with Crippen LogP contribution in [0, 0.1) is 0 Å². The number of aliphatic hydroxyl groups is 1. The lowest BCUT2D eigenvalue weighted by Gasteiger charge is -1.98. The Morgan fingerprint density at radius 1 is 0.633 bits per heavy atom. The molecule has 0 bridgehead atoms. The number of rotatable bonds is 18. The molecule has 2 nitrogen and oxygen atoms in total. The van der Waals surface area contributed by atoms with Gasteiger partial charge in [-0.3, -0.25) is 0 Å². The molecular formula is C24H47Cl3O2S. The summed E-state index contributed by atoms with van der Waals surface area (Å²) in [5.74, 6) is 0.833. The number of halogens is 3. The molecule has 0 amide bonds. The molecule has 0 heterocycles. The predicted molar refractivity (Wildman–Crippen MR) is 141 cm³/mol. The van der Waals surface area contributed by atoms with Gasteiger partial charge in [-0.25, -0.2) is 4.21 Å². The van der Waals surface area contributed by atoms with E-state index < -0.39 is 9.23 Å². The first kappa shape index (κ1) is 35.1. The van der Waals surface area contributed by atoms with Gasteiger partial charge in [0.25, 0.3) is 0 Å². The maximum absolute atomic E-state index is 9.09. The van der Waals surface area contributed by atoms with E-state index in [-0.39, 0.29) is 0 Å². The highest BCUT2D eigenvalue weighted by atomic mass is 36.0. The highest BCUT2D eigenvalue weighted by Crippen LogP contribution is 2.08. The van der Waals surface area contributed by atoms with Gasteiger partial charge in [0.1, 0.15) is 0 Å². The zero-order chi connectivity index (χ0) is 23.1. The van der Waals surface area contributed by atoms with E-state index in [1.165, 1.54) is 89.9 Å². The van der Waals surface area contributed by atoms with Gasteiger partial charge < -0.3 is 5.11 Å². The molecule has 0 spiro atoms. The number of aliphatic hydroxyl groups excluding tert-OH is 1. The third-order valence-electron chi connectivity index (χ3n) is 4.34. The fourth-order valence-electron chi connectivity index (χ4n) is 2.71. The summed E-state index contributed by atoms with van der Waals surface area (Å²) in [6, 6.07) is 0. The van der Waals surface area contributed by atoms with Crippen molar-refractivity contribution in [3.8, 4) is 0 Å². The molecule has 0 saturated heterocycles. The molecule has 0 atom stereocenters. The molecule has 0 aromatic heterocycles. The van der Waals surface area contributed by atoms with E-state index in [0.717, 1.165) is 18.7 Å². The molecule has 1 N–H and O–H groups in total. The van der Waals surface area contributed by atoms with Gasteiger partial charge in [0.2, 0.25) is 9.23 Å². The van der Waals surface area contributed by atoms with Crippen LogP contribution >= 0.6 is 33.0 Å². The summed E-state index contributed by atoms with van der Waals surface area (Å²) in [6.45, 7) is 4.72. The number of allylic oxidation sites excluding steroid dienone is 4. The lowest BCUT2D eigenvalue weighted by Crippen LogP contribution is -1.83. The van der Waals surface area contributed by atoms with E-state index in [1.54, 1.807) is 0 Å². The molecule has 6 heteroatoms. The number of hydrogen-bond acceptors (Lipinski definition) is 2. The lowest BCUT2D eigenvalue weighted by molar-refractivity contribution is 0.282. The molecule has 0 saturated carbocycles. The van der Waals surface area contributed by atoms with Crippen molar-refractivity contribution in [2.45, 2.75) is 117 Å². The standard InChI is InChI=1S/C12H23Cl.C12H24O.Cl2OS/c2*1-2-3-4-5-6-7-8-9-10-11-12-13;1-4(2)3/h3-4H,2,5-12H2,1H3;3-4,13H,2,5-12H2,1H3;/b2*4-3-;. The van der Waals surface area contributed by atoms with Crippen LogP contribution < -0.4 is 0 Å². The van der Waals surface area contributed by atoms with Gasteiger partial charge in [0.15, 0.2) is 0 Å². The van der Waals surface area contributed by atoms with Gasteiger partial charge >= 0.3 is 0 Å². The minimum absolute atomic E-state index is 0.360. The highest BCUT2D eigenvalue weighted by Gasteiger charge is 1.90. The fraction of sp³-hybridized carbons (Fsp3) is 0.833. The van der Waals surface area contributed by atoms with Crippen LogP contribution in [0.3, 0.4) is 0 Å². The Labute approximate surface area is 204 Å². The van der Waals surface area contributed by atoms with Crippen molar-refractivity contribution in [3.63, 3.8) is 0 Å². The Morgan fingerprint density at radius 3 is 1.30 bits per heavy atom. The molecule has 0 radical (unpaired) electrons. The summed E-state index contributed by atoms with van der Waals surface area (Å²) in [5, 5.41) is 8.56. The van der Waals surface area contributed by atoms with E-state index in [4.69, 9.17) is 20.9 Å². The third-order valence-corrected chi connectivity index (χ3v) is 4.61. The first-order valence-corrected chi connectivity index (χ1v) is 15.1. The van der Waals surface area contributed by atoms with Crippen molar-refractivity contribution in [2.75, 3.05) is 12.5 Å². The topological polar surface area (TPSA) is 37.3 Å². The van der Waals surface area contributed by atoms with Gasteiger partial charge in [-0.15, -0.1) is 11.6 Å². The second-order valence-corrected chi connectivity index (χ2v) is 10.1. The van der Waals surface area contributed by atoms with Crippen molar-refractivity contribution >= 4 is 42.2 Å². The van der Waals surface area contributed by atoms with Gasteiger partial charge in [0, 0.05) is 33.9 Å². The molecule has 182 valence electrons. The smallest absolute Gasteiger partial charge is 0.211 e. The van der Waals surface area contributed by atoms with Crippen LogP contribution in [0.15, 0.2) is 24.3 Å². The van der Waals surface area contributed by atoms with E-state index in [9.17, 15) is 0 Å². The fourth-order valence-corrected chi connectivity index (χ4v) is 2.90. The minimum Gasteiger partial charge on any atom is -0.396 e. The summed E-state index contributed by atoms with van der Waals surface area (Å²) in [7, 11) is 7.36. The Balaban J connectivity index is -0.000000412. The zero-order valence-electron chi connectivity index (χ0n) is 19.4. The van der Waals surface area contributed by atoms with Crippen molar-refractivity contribution in [1.82, 2.24) is 0 Å². The Hall–Kier alpha value is 0.460. The molecular weight excluding hydrogens is 459 g/mol. The van der Waals surface area contributed by atoms with Crippen molar-refractivity contribution in [3.05, 3.63) is 24.3 Å². The summed E-state index contributed by atoms with van der Waals surface area (Å²) in [6.07, 6.45) is 29.4. The molecule has 0 aliphatic carbocycles. The van der Waals surface area contributed by atoms with Crippen molar-refractivity contribution in [2.24, 2.45) is 0 Å². The first-order valence-electron chi connectivity index (χ1n) is 11.8. The molecule has 0 unspecified atom stereocenters. The largest absolute Gasteiger partial charge is 0.396 e. The summed E-state index contributed by atoms with van der Waals surface area (Å²) in [4.78, 5) is 0. The molecule has 0 rings (SSSR count). The average Bonchev–Trinajstić information content (AvgIpc) is 2.71. The predicted octanol–water partition coefficient (Wildman–Crippen LogP) is 9.64. The molecule has 0 aliphatic heterocycles. The lowest BCUT2D eigenvalue weighted by atomic mass is 10.1. The van der Waals surface area contributed by atoms with Crippen LogP contribution in [0.2, 0.25) is 0 Å². The van der Waals surface area contributed by atoms with E-state index in [1.807, 2.05) is 0 Å². The van der Waals surface area contributed by atoms with Gasteiger partial charge in [-0.1, -0.05) is 89.5 Å². The van der Waals surface area contributed by atoms with Gasteiger partial charge in [0.05, 0.1) is 0 Å². The van der Waals surface area contributed by atoms with Crippen LogP contribution in [-0.2, 0) is 9.23 Å². The molecule has 0 aromatic carbocycles. The van der Waals surface area contributed by atoms with Crippen LogP contribution in [0.1, 0.15) is 117 Å². The number of hydrogen-bond donors (Lipinski definition) is 1. The van der Waals surface area contributed by atoms with Gasteiger partial charge in [-0.05, 0) is 51.4 Å². The highest BCUT2D eigenvalue weighted by molar-refractivity contribution is 8.26. The second-order valence-electron chi connectivity index (χ2n) is 7.18.